The number of rotatable bonds is 6. The molecule has 1 aliphatic heterocycles. The Balaban J connectivity index is 1.30. The van der Waals surface area contributed by atoms with E-state index in [1.165, 1.54) is 10.9 Å². The highest BCUT2D eigenvalue weighted by Gasteiger charge is 2.36. The van der Waals surface area contributed by atoms with Crippen molar-refractivity contribution in [2.75, 3.05) is 13.1 Å². The number of amides is 1. The van der Waals surface area contributed by atoms with Crippen molar-refractivity contribution in [1.29, 1.82) is 5.26 Å². The second kappa shape index (κ2) is 10.4. The molecule has 0 aliphatic carbocycles. The van der Waals surface area contributed by atoms with Gasteiger partial charge in [-0.05, 0) is 48.6 Å². The SMILES string of the molecule is N#Cc1ccc2c(=O)n(CC3(O)CCN(C(=O)C(Cc4ccccc4)c4ccccc4)CC3)cnc2c1. The molecule has 1 aliphatic rings. The summed E-state index contributed by atoms with van der Waals surface area (Å²) in [6.45, 7) is 0.923. The normalized spacial score (nSPS) is 15.7. The number of fused-ring (bicyclic) bond motifs is 1. The first-order valence-corrected chi connectivity index (χ1v) is 12.5. The summed E-state index contributed by atoms with van der Waals surface area (Å²) in [6, 6.07) is 26.6. The first-order chi connectivity index (χ1) is 18.0. The Kier molecular flexibility index (Phi) is 6.85. The van der Waals surface area contributed by atoms with E-state index < -0.39 is 5.60 Å². The van der Waals surface area contributed by atoms with Crippen LogP contribution in [0.1, 0.15) is 35.4 Å². The van der Waals surface area contributed by atoms with E-state index in [-0.39, 0.29) is 23.9 Å². The van der Waals surface area contributed by atoms with Crippen LogP contribution in [0, 0.1) is 11.3 Å². The monoisotopic (exact) mass is 492 g/mol. The molecule has 0 bridgehead atoms. The zero-order valence-corrected chi connectivity index (χ0v) is 20.5. The van der Waals surface area contributed by atoms with Gasteiger partial charge < -0.3 is 10.0 Å². The maximum Gasteiger partial charge on any atom is 0.261 e. The molecule has 0 radical (unpaired) electrons. The van der Waals surface area contributed by atoms with Crippen LogP contribution < -0.4 is 5.56 Å². The van der Waals surface area contributed by atoms with Crippen LogP contribution in [0.4, 0.5) is 0 Å². The van der Waals surface area contributed by atoms with Crippen LogP contribution in [0.5, 0.6) is 0 Å². The van der Waals surface area contributed by atoms with Crippen molar-refractivity contribution >= 4 is 16.8 Å². The van der Waals surface area contributed by atoms with Gasteiger partial charge in [0.2, 0.25) is 5.91 Å². The largest absolute Gasteiger partial charge is 0.388 e. The number of aliphatic hydroxyl groups is 1. The number of hydrogen-bond donors (Lipinski definition) is 1. The minimum atomic E-state index is -1.12. The van der Waals surface area contributed by atoms with Gasteiger partial charge in [-0.2, -0.15) is 5.26 Å². The molecule has 1 aromatic heterocycles. The van der Waals surface area contributed by atoms with Crippen molar-refractivity contribution in [2.24, 2.45) is 0 Å². The molecule has 1 amide bonds. The minimum absolute atomic E-state index is 0.0509. The van der Waals surface area contributed by atoms with E-state index in [1.807, 2.05) is 71.6 Å². The topological polar surface area (TPSA) is 99.2 Å². The molecule has 1 saturated heterocycles. The lowest BCUT2D eigenvalue weighted by molar-refractivity contribution is -0.137. The van der Waals surface area contributed by atoms with Crippen molar-refractivity contribution in [1.82, 2.24) is 14.5 Å². The molecule has 37 heavy (non-hydrogen) atoms. The average molecular weight is 493 g/mol. The van der Waals surface area contributed by atoms with Gasteiger partial charge in [0.1, 0.15) is 0 Å². The summed E-state index contributed by atoms with van der Waals surface area (Å²) in [7, 11) is 0. The maximum atomic E-state index is 13.7. The van der Waals surface area contributed by atoms with E-state index >= 15 is 0 Å². The Morgan fingerprint density at radius 2 is 1.70 bits per heavy atom. The molecule has 7 heteroatoms. The van der Waals surface area contributed by atoms with E-state index in [0.717, 1.165) is 11.1 Å². The van der Waals surface area contributed by atoms with E-state index in [9.17, 15) is 14.7 Å². The van der Waals surface area contributed by atoms with Crippen molar-refractivity contribution in [3.8, 4) is 6.07 Å². The third kappa shape index (κ3) is 5.30. The standard InChI is InChI=1S/C30H28N4O3/c31-19-23-11-12-25-27(18-23)32-21-34(28(25)35)20-30(37)13-15-33(16-14-30)29(36)26(24-9-5-2-6-10-24)17-22-7-3-1-4-8-22/h1-12,18,21,26,37H,13-17,20H2. The summed E-state index contributed by atoms with van der Waals surface area (Å²) in [5.41, 5.74) is 1.60. The highest BCUT2D eigenvalue weighted by Crippen LogP contribution is 2.29. The van der Waals surface area contributed by atoms with Gasteiger partial charge in [-0.25, -0.2) is 4.98 Å². The molecule has 186 valence electrons. The predicted octanol–water partition coefficient (Wildman–Crippen LogP) is 3.65. The molecule has 1 unspecified atom stereocenters. The Labute approximate surface area is 215 Å². The summed E-state index contributed by atoms with van der Waals surface area (Å²) in [5.74, 6) is -0.254. The van der Waals surface area contributed by atoms with E-state index in [2.05, 4.69) is 4.98 Å². The number of hydrogen-bond acceptors (Lipinski definition) is 5. The first-order valence-electron chi connectivity index (χ1n) is 12.5. The lowest BCUT2D eigenvalue weighted by atomic mass is 9.87. The van der Waals surface area contributed by atoms with Gasteiger partial charge in [0.25, 0.3) is 5.56 Å². The lowest BCUT2D eigenvalue weighted by Crippen LogP contribution is -2.50. The van der Waals surface area contributed by atoms with Crippen LogP contribution >= 0.6 is 0 Å². The molecule has 1 atom stereocenters. The number of benzene rings is 3. The molecule has 0 saturated carbocycles. The minimum Gasteiger partial charge on any atom is -0.388 e. The van der Waals surface area contributed by atoms with Gasteiger partial charge in [-0.3, -0.25) is 14.2 Å². The molecular weight excluding hydrogens is 464 g/mol. The Morgan fingerprint density at radius 3 is 2.38 bits per heavy atom. The van der Waals surface area contributed by atoms with Gasteiger partial charge in [-0.1, -0.05) is 60.7 Å². The molecule has 7 nitrogen and oxygen atoms in total. The fourth-order valence-corrected chi connectivity index (χ4v) is 5.06. The summed E-state index contributed by atoms with van der Waals surface area (Å²) in [5, 5.41) is 20.8. The van der Waals surface area contributed by atoms with Gasteiger partial charge in [0, 0.05) is 13.1 Å². The average Bonchev–Trinajstić information content (AvgIpc) is 2.94. The Morgan fingerprint density at radius 1 is 1.03 bits per heavy atom. The zero-order valence-electron chi connectivity index (χ0n) is 20.5. The third-order valence-corrected chi connectivity index (χ3v) is 7.21. The van der Waals surface area contributed by atoms with Gasteiger partial charge in [0.05, 0.1) is 46.9 Å². The third-order valence-electron chi connectivity index (χ3n) is 7.21. The summed E-state index contributed by atoms with van der Waals surface area (Å²) in [4.78, 5) is 32.8. The first kappa shape index (κ1) is 24.4. The molecule has 0 spiro atoms. The van der Waals surface area contributed by atoms with E-state index in [4.69, 9.17) is 5.26 Å². The Hall–Kier alpha value is -4.28. The second-order valence-corrected chi connectivity index (χ2v) is 9.72. The summed E-state index contributed by atoms with van der Waals surface area (Å²) >= 11 is 0. The quantitative estimate of drug-likeness (QED) is 0.443. The van der Waals surface area contributed by atoms with Gasteiger partial charge in [0.15, 0.2) is 0 Å². The Bertz CT molecular complexity index is 1500. The van der Waals surface area contributed by atoms with Gasteiger partial charge in [-0.15, -0.1) is 0 Å². The second-order valence-electron chi connectivity index (χ2n) is 9.72. The zero-order chi connectivity index (χ0) is 25.8. The highest BCUT2D eigenvalue weighted by atomic mass is 16.3. The maximum absolute atomic E-state index is 13.7. The van der Waals surface area contributed by atoms with Crippen molar-refractivity contribution in [2.45, 2.75) is 37.3 Å². The molecule has 1 fully saturated rings. The van der Waals surface area contributed by atoms with Crippen LogP contribution in [0.25, 0.3) is 10.9 Å². The fourth-order valence-electron chi connectivity index (χ4n) is 5.06. The number of nitrogens with zero attached hydrogens (tertiary/aromatic N) is 4. The number of nitriles is 1. The summed E-state index contributed by atoms with van der Waals surface area (Å²) in [6.07, 6.45) is 2.76. The van der Waals surface area contributed by atoms with E-state index in [1.54, 1.807) is 18.2 Å². The van der Waals surface area contributed by atoms with Crippen molar-refractivity contribution in [3.05, 3.63) is 112 Å². The fraction of sp³-hybridized carbons (Fsp3) is 0.267. The number of carbonyl (C=O) groups excluding carboxylic acids is 1. The lowest BCUT2D eigenvalue weighted by Gasteiger charge is -2.39. The molecule has 2 heterocycles. The smallest absolute Gasteiger partial charge is 0.261 e. The molecule has 4 aromatic rings. The number of likely N-dealkylation sites (tertiary alicyclic amines) is 1. The summed E-state index contributed by atoms with van der Waals surface area (Å²) < 4.78 is 1.42. The number of aromatic nitrogens is 2. The van der Waals surface area contributed by atoms with E-state index in [0.29, 0.717) is 48.8 Å². The predicted molar refractivity (Wildman–Crippen MR) is 141 cm³/mol. The molecular formula is C30H28N4O3. The van der Waals surface area contributed by atoms with Gasteiger partial charge >= 0.3 is 0 Å². The molecule has 1 N–H and O–H groups in total. The van der Waals surface area contributed by atoms with Crippen LogP contribution in [-0.2, 0) is 17.8 Å². The molecule has 5 rings (SSSR count). The van der Waals surface area contributed by atoms with Crippen molar-refractivity contribution in [3.63, 3.8) is 0 Å². The van der Waals surface area contributed by atoms with Crippen molar-refractivity contribution < 1.29 is 9.90 Å². The van der Waals surface area contributed by atoms with Crippen LogP contribution in [0.2, 0.25) is 0 Å². The van der Waals surface area contributed by atoms with Crippen LogP contribution in [0.15, 0.2) is 90.0 Å². The van der Waals surface area contributed by atoms with Crippen LogP contribution in [0.3, 0.4) is 0 Å². The van der Waals surface area contributed by atoms with Crippen LogP contribution in [-0.4, -0.2) is 44.2 Å². The number of carbonyl (C=O) groups is 1. The molecule has 3 aromatic carbocycles. The number of piperidine rings is 1. The highest BCUT2D eigenvalue weighted by molar-refractivity contribution is 5.84.